The maximum absolute atomic E-state index is 13.5. The van der Waals surface area contributed by atoms with Crippen molar-refractivity contribution >= 4 is 33.2 Å². The molecule has 0 aliphatic rings. The minimum atomic E-state index is -1.04. The minimum absolute atomic E-state index is 0.286. The van der Waals surface area contributed by atoms with Gasteiger partial charge >= 0.3 is 0 Å². The molecule has 7 heteroatoms. The molecule has 0 aliphatic carbocycles. The van der Waals surface area contributed by atoms with Crippen molar-refractivity contribution in [1.82, 2.24) is 0 Å². The summed E-state index contributed by atoms with van der Waals surface area (Å²) in [6.45, 7) is 0. The van der Waals surface area contributed by atoms with Crippen molar-refractivity contribution in [3.63, 3.8) is 0 Å². The van der Waals surface area contributed by atoms with Gasteiger partial charge in [-0.3, -0.25) is 4.79 Å². The fourth-order valence-electron chi connectivity index (χ4n) is 1.58. The summed E-state index contributed by atoms with van der Waals surface area (Å²) in [7, 11) is 0. The van der Waals surface area contributed by atoms with Crippen molar-refractivity contribution < 1.29 is 18.0 Å². The van der Waals surface area contributed by atoms with Gasteiger partial charge in [0.25, 0.3) is 5.91 Å². The Hall–Kier alpha value is -2.02. The molecule has 104 valence electrons. The van der Waals surface area contributed by atoms with Crippen molar-refractivity contribution in [2.24, 2.45) is 0 Å². The number of amides is 1. The third-order valence-corrected chi connectivity index (χ3v) is 2.99. The third-order valence-electron chi connectivity index (χ3n) is 2.50. The van der Waals surface area contributed by atoms with Crippen molar-refractivity contribution in [3.05, 3.63) is 57.8 Å². The van der Waals surface area contributed by atoms with Gasteiger partial charge in [-0.1, -0.05) is 15.9 Å². The SMILES string of the molecule is Nc1cc(F)cc(F)c1NC(=O)c1cc(Br)ccc1F. The zero-order valence-electron chi connectivity index (χ0n) is 9.88. The van der Waals surface area contributed by atoms with Crippen LogP contribution in [0, 0.1) is 17.5 Å². The second-order valence-electron chi connectivity index (χ2n) is 3.93. The monoisotopic (exact) mass is 344 g/mol. The van der Waals surface area contributed by atoms with E-state index in [4.69, 9.17) is 5.73 Å². The molecule has 2 rings (SSSR count). The molecule has 0 unspecified atom stereocenters. The van der Waals surface area contributed by atoms with E-state index in [1.54, 1.807) is 0 Å². The Morgan fingerprint density at radius 1 is 1.10 bits per heavy atom. The van der Waals surface area contributed by atoms with Gasteiger partial charge in [-0.2, -0.15) is 0 Å². The van der Waals surface area contributed by atoms with Crippen molar-refractivity contribution in [2.75, 3.05) is 11.1 Å². The van der Waals surface area contributed by atoms with E-state index < -0.39 is 29.0 Å². The number of anilines is 2. The van der Waals surface area contributed by atoms with E-state index >= 15 is 0 Å². The molecule has 0 saturated heterocycles. The van der Waals surface area contributed by atoms with Crippen LogP contribution in [-0.2, 0) is 0 Å². The first kappa shape index (κ1) is 14.4. The van der Waals surface area contributed by atoms with E-state index in [-0.39, 0.29) is 11.3 Å². The molecule has 3 N–H and O–H groups in total. The van der Waals surface area contributed by atoms with Gasteiger partial charge in [0.2, 0.25) is 0 Å². The molecule has 0 saturated carbocycles. The van der Waals surface area contributed by atoms with E-state index in [9.17, 15) is 18.0 Å². The number of nitrogens with one attached hydrogen (secondary N) is 1. The second-order valence-corrected chi connectivity index (χ2v) is 4.85. The van der Waals surface area contributed by atoms with Crippen LogP contribution in [0.4, 0.5) is 24.5 Å². The minimum Gasteiger partial charge on any atom is -0.397 e. The van der Waals surface area contributed by atoms with Crippen LogP contribution in [0.3, 0.4) is 0 Å². The van der Waals surface area contributed by atoms with Crippen LogP contribution in [-0.4, -0.2) is 5.91 Å². The molecule has 2 aromatic carbocycles. The number of nitrogen functional groups attached to an aromatic ring is 1. The highest BCUT2D eigenvalue weighted by molar-refractivity contribution is 9.10. The molecular weight excluding hydrogens is 337 g/mol. The van der Waals surface area contributed by atoms with Crippen LogP contribution in [0.25, 0.3) is 0 Å². The average molecular weight is 345 g/mol. The van der Waals surface area contributed by atoms with Crippen LogP contribution >= 0.6 is 15.9 Å². The quantitative estimate of drug-likeness (QED) is 0.816. The lowest BCUT2D eigenvalue weighted by molar-refractivity contribution is 0.102. The largest absolute Gasteiger partial charge is 0.397 e. The maximum Gasteiger partial charge on any atom is 0.258 e. The Morgan fingerprint density at radius 2 is 1.80 bits per heavy atom. The Labute approximate surface area is 120 Å². The number of benzene rings is 2. The first-order chi connectivity index (χ1) is 9.38. The number of rotatable bonds is 2. The summed E-state index contributed by atoms with van der Waals surface area (Å²) in [6.07, 6.45) is 0. The highest BCUT2D eigenvalue weighted by Gasteiger charge is 2.16. The molecule has 0 spiro atoms. The number of hydrogen-bond acceptors (Lipinski definition) is 2. The fraction of sp³-hybridized carbons (Fsp3) is 0. The van der Waals surface area contributed by atoms with Gasteiger partial charge < -0.3 is 11.1 Å². The molecule has 1 amide bonds. The normalized spacial score (nSPS) is 10.4. The zero-order valence-corrected chi connectivity index (χ0v) is 11.5. The molecule has 2 aromatic rings. The Bertz CT molecular complexity index is 668. The molecular formula is C13H8BrF3N2O. The van der Waals surface area contributed by atoms with Crippen LogP contribution in [0.5, 0.6) is 0 Å². The second kappa shape index (κ2) is 5.54. The lowest BCUT2D eigenvalue weighted by Gasteiger charge is -2.10. The smallest absolute Gasteiger partial charge is 0.258 e. The van der Waals surface area contributed by atoms with E-state index in [1.165, 1.54) is 12.1 Å². The van der Waals surface area contributed by atoms with E-state index in [0.29, 0.717) is 10.5 Å². The summed E-state index contributed by atoms with van der Waals surface area (Å²) in [5.74, 6) is -3.56. The van der Waals surface area contributed by atoms with Gasteiger partial charge in [0.15, 0.2) is 5.82 Å². The summed E-state index contributed by atoms with van der Waals surface area (Å²) in [5.41, 5.74) is 4.45. The van der Waals surface area contributed by atoms with Crippen LogP contribution in [0.1, 0.15) is 10.4 Å². The summed E-state index contributed by atoms with van der Waals surface area (Å²) in [5, 5.41) is 2.12. The van der Waals surface area contributed by atoms with Gasteiger partial charge in [-0.15, -0.1) is 0 Å². The standard InChI is InChI=1S/C13H8BrF3N2O/c14-6-1-2-9(16)8(3-6)13(20)19-12-10(17)4-7(15)5-11(12)18/h1-5H,18H2,(H,19,20). The van der Waals surface area contributed by atoms with Crippen LogP contribution in [0.15, 0.2) is 34.8 Å². The Kier molecular flexibility index (Phi) is 3.99. The van der Waals surface area contributed by atoms with Gasteiger partial charge in [-0.05, 0) is 24.3 Å². The van der Waals surface area contributed by atoms with Gasteiger partial charge in [-0.25, -0.2) is 13.2 Å². The molecule has 0 fully saturated rings. The number of carbonyl (C=O) groups is 1. The summed E-state index contributed by atoms with van der Waals surface area (Å²) in [6, 6.07) is 5.17. The molecule has 0 aliphatic heterocycles. The van der Waals surface area contributed by atoms with Gasteiger partial charge in [0.05, 0.1) is 11.3 Å². The molecule has 0 radical (unpaired) electrons. The van der Waals surface area contributed by atoms with E-state index in [2.05, 4.69) is 21.2 Å². The first-order valence-electron chi connectivity index (χ1n) is 5.39. The van der Waals surface area contributed by atoms with Gasteiger partial charge in [0, 0.05) is 10.5 Å². The topological polar surface area (TPSA) is 55.1 Å². The predicted molar refractivity (Wildman–Crippen MR) is 72.8 cm³/mol. The van der Waals surface area contributed by atoms with Crippen molar-refractivity contribution in [1.29, 1.82) is 0 Å². The molecule has 0 atom stereocenters. The van der Waals surface area contributed by atoms with Crippen molar-refractivity contribution in [3.8, 4) is 0 Å². The lowest BCUT2D eigenvalue weighted by atomic mass is 10.2. The molecule has 0 aromatic heterocycles. The van der Waals surface area contributed by atoms with E-state index in [1.807, 2.05) is 0 Å². The molecule has 3 nitrogen and oxygen atoms in total. The molecule has 0 heterocycles. The van der Waals surface area contributed by atoms with Crippen molar-refractivity contribution in [2.45, 2.75) is 0 Å². The maximum atomic E-state index is 13.5. The summed E-state index contributed by atoms with van der Waals surface area (Å²) in [4.78, 5) is 11.9. The predicted octanol–water partition coefficient (Wildman–Crippen LogP) is 3.70. The number of carbonyl (C=O) groups excluding carboxylic acids is 1. The molecule has 0 bridgehead atoms. The number of halogens is 4. The Balaban J connectivity index is 2.35. The first-order valence-corrected chi connectivity index (χ1v) is 6.18. The number of hydrogen-bond donors (Lipinski definition) is 2. The van der Waals surface area contributed by atoms with Gasteiger partial charge in [0.1, 0.15) is 17.3 Å². The van der Waals surface area contributed by atoms with Crippen LogP contribution in [0.2, 0.25) is 0 Å². The summed E-state index contributed by atoms with van der Waals surface area (Å²) < 4.78 is 40.4. The fourth-order valence-corrected chi connectivity index (χ4v) is 1.94. The van der Waals surface area contributed by atoms with Crippen LogP contribution < -0.4 is 11.1 Å². The Morgan fingerprint density at radius 3 is 2.45 bits per heavy atom. The molecule has 20 heavy (non-hydrogen) atoms. The number of nitrogens with two attached hydrogens (primary N) is 1. The highest BCUT2D eigenvalue weighted by atomic mass is 79.9. The van der Waals surface area contributed by atoms with E-state index in [0.717, 1.165) is 12.1 Å². The zero-order chi connectivity index (χ0) is 14.9. The summed E-state index contributed by atoms with van der Waals surface area (Å²) >= 11 is 3.09. The highest BCUT2D eigenvalue weighted by Crippen LogP contribution is 2.25. The lowest BCUT2D eigenvalue weighted by Crippen LogP contribution is -2.16. The third kappa shape index (κ3) is 2.93. The average Bonchev–Trinajstić information content (AvgIpc) is 2.36.